The predicted octanol–water partition coefficient (Wildman–Crippen LogP) is 3.74. The number of rotatable bonds is 5. The van der Waals surface area contributed by atoms with Crippen molar-refractivity contribution < 1.29 is 9.59 Å². The van der Waals surface area contributed by atoms with E-state index in [1.54, 1.807) is 4.90 Å². The minimum atomic E-state index is -0.366. The van der Waals surface area contributed by atoms with Gasteiger partial charge in [-0.1, -0.05) is 43.7 Å². The number of nitrogens with one attached hydrogen (secondary N) is 2. The molecule has 0 saturated carbocycles. The van der Waals surface area contributed by atoms with Crippen LogP contribution in [0.15, 0.2) is 48.5 Å². The molecule has 150 valence electrons. The minimum absolute atomic E-state index is 0.0150. The number of para-hydroxylation sites is 2. The van der Waals surface area contributed by atoms with Gasteiger partial charge in [0.05, 0.1) is 23.0 Å². The molecule has 2 amide bonds. The summed E-state index contributed by atoms with van der Waals surface area (Å²) in [5, 5.41) is 3.13. The lowest BCUT2D eigenvalue weighted by Gasteiger charge is -2.22. The van der Waals surface area contributed by atoms with Crippen molar-refractivity contribution in [3.8, 4) is 0 Å². The maximum absolute atomic E-state index is 13.0. The Morgan fingerprint density at radius 1 is 1.17 bits per heavy atom. The number of imidazole rings is 1. The molecule has 0 radical (unpaired) electrons. The fourth-order valence-electron chi connectivity index (χ4n) is 3.80. The maximum atomic E-state index is 13.0. The predicted molar refractivity (Wildman–Crippen MR) is 113 cm³/mol. The number of hydrogen-bond donors (Lipinski definition) is 2. The van der Waals surface area contributed by atoms with Crippen LogP contribution in [0.3, 0.4) is 0 Å². The molecule has 1 aliphatic heterocycles. The van der Waals surface area contributed by atoms with Crippen LogP contribution in [0.2, 0.25) is 0 Å². The molecule has 0 bridgehead atoms. The normalized spacial score (nSPS) is 17.9. The summed E-state index contributed by atoms with van der Waals surface area (Å²) in [5.74, 6) is 0.416. The Kier molecular flexibility index (Phi) is 5.09. The van der Waals surface area contributed by atoms with Crippen LogP contribution < -0.4 is 10.2 Å². The van der Waals surface area contributed by atoms with Crippen molar-refractivity contribution in [1.82, 2.24) is 15.3 Å². The SMILES string of the molecule is Cc1ccc(N2CC(C(=O)NC(c3nc4ccccc4[nH]3)C(C)C)CC2=O)cc1. The molecule has 1 fully saturated rings. The van der Waals surface area contributed by atoms with Crippen molar-refractivity contribution >= 4 is 28.5 Å². The van der Waals surface area contributed by atoms with Crippen LogP contribution in [0.25, 0.3) is 11.0 Å². The first kappa shape index (κ1) is 19.2. The molecule has 2 heterocycles. The molecule has 3 aromatic rings. The zero-order valence-electron chi connectivity index (χ0n) is 17.0. The molecular formula is C23H26N4O2. The van der Waals surface area contributed by atoms with Gasteiger partial charge in [0, 0.05) is 18.7 Å². The molecule has 0 aliphatic carbocycles. The first-order valence-corrected chi connectivity index (χ1v) is 10.0. The molecule has 2 atom stereocenters. The number of carbonyl (C=O) groups excluding carboxylic acids is 2. The molecule has 1 aliphatic rings. The second-order valence-electron chi connectivity index (χ2n) is 8.11. The molecule has 2 aromatic carbocycles. The fourth-order valence-corrected chi connectivity index (χ4v) is 3.80. The highest BCUT2D eigenvalue weighted by Crippen LogP contribution is 2.27. The van der Waals surface area contributed by atoms with Gasteiger partial charge in [-0.3, -0.25) is 9.59 Å². The molecule has 2 N–H and O–H groups in total. The highest BCUT2D eigenvalue weighted by atomic mass is 16.2. The van der Waals surface area contributed by atoms with Crippen molar-refractivity contribution in [3.05, 3.63) is 59.9 Å². The Balaban J connectivity index is 1.49. The largest absolute Gasteiger partial charge is 0.346 e. The number of aromatic amines is 1. The van der Waals surface area contributed by atoms with E-state index in [2.05, 4.69) is 29.1 Å². The molecule has 6 nitrogen and oxygen atoms in total. The number of fused-ring (bicyclic) bond motifs is 1. The average molecular weight is 390 g/mol. The summed E-state index contributed by atoms with van der Waals surface area (Å²) in [6.45, 7) is 6.52. The van der Waals surface area contributed by atoms with Gasteiger partial charge in [-0.2, -0.15) is 0 Å². The molecule has 4 rings (SSSR count). The Labute approximate surface area is 170 Å². The van der Waals surface area contributed by atoms with E-state index >= 15 is 0 Å². The number of anilines is 1. The number of H-pyrrole nitrogens is 1. The van der Waals surface area contributed by atoms with Crippen molar-refractivity contribution in [2.45, 2.75) is 33.2 Å². The molecule has 1 aromatic heterocycles. The standard InChI is InChI=1S/C23H26N4O2/c1-14(2)21(22-24-18-6-4-5-7-19(18)25-22)26-23(29)16-12-20(28)27(13-16)17-10-8-15(3)9-11-17/h4-11,14,16,21H,12-13H2,1-3H3,(H,24,25)(H,26,29). The van der Waals surface area contributed by atoms with E-state index in [0.717, 1.165) is 28.1 Å². The Morgan fingerprint density at radius 3 is 2.59 bits per heavy atom. The van der Waals surface area contributed by atoms with Crippen LogP contribution in [-0.2, 0) is 9.59 Å². The van der Waals surface area contributed by atoms with Gasteiger partial charge in [-0.05, 0) is 37.1 Å². The third kappa shape index (κ3) is 3.88. The number of amides is 2. The maximum Gasteiger partial charge on any atom is 0.227 e. The van der Waals surface area contributed by atoms with Crippen LogP contribution in [0.1, 0.15) is 37.7 Å². The summed E-state index contributed by atoms with van der Waals surface area (Å²) in [7, 11) is 0. The summed E-state index contributed by atoms with van der Waals surface area (Å²) >= 11 is 0. The molecule has 0 spiro atoms. The van der Waals surface area contributed by atoms with Crippen LogP contribution in [0, 0.1) is 18.8 Å². The molecule has 2 unspecified atom stereocenters. The summed E-state index contributed by atoms with van der Waals surface area (Å²) in [6.07, 6.45) is 0.227. The van der Waals surface area contributed by atoms with Gasteiger partial charge in [0.1, 0.15) is 5.82 Å². The Hall–Kier alpha value is -3.15. The Morgan fingerprint density at radius 2 is 1.90 bits per heavy atom. The average Bonchev–Trinajstić information content (AvgIpc) is 3.30. The van der Waals surface area contributed by atoms with Crippen molar-refractivity contribution in [1.29, 1.82) is 0 Å². The number of benzene rings is 2. The minimum Gasteiger partial charge on any atom is -0.346 e. The van der Waals surface area contributed by atoms with Crippen molar-refractivity contribution in [2.75, 3.05) is 11.4 Å². The second kappa shape index (κ2) is 7.70. The van der Waals surface area contributed by atoms with E-state index < -0.39 is 0 Å². The number of nitrogens with zero attached hydrogens (tertiary/aromatic N) is 2. The van der Waals surface area contributed by atoms with Gasteiger partial charge in [0.2, 0.25) is 11.8 Å². The quantitative estimate of drug-likeness (QED) is 0.697. The van der Waals surface area contributed by atoms with E-state index in [9.17, 15) is 9.59 Å². The summed E-state index contributed by atoms with van der Waals surface area (Å²) in [6, 6.07) is 15.4. The van der Waals surface area contributed by atoms with E-state index in [-0.39, 0.29) is 36.1 Å². The fraction of sp³-hybridized carbons (Fsp3) is 0.348. The molecule has 1 saturated heterocycles. The lowest BCUT2D eigenvalue weighted by Crippen LogP contribution is -2.38. The van der Waals surface area contributed by atoms with Gasteiger partial charge in [0.25, 0.3) is 0 Å². The van der Waals surface area contributed by atoms with Crippen LogP contribution in [-0.4, -0.2) is 28.3 Å². The summed E-state index contributed by atoms with van der Waals surface area (Å²) in [4.78, 5) is 35.2. The highest BCUT2D eigenvalue weighted by Gasteiger charge is 2.36. The number of aryl methyl sites for hydroxylation is 1. The highest BCUT2D eigenvalue weighted by molar-refractivity contribution is 6.00. The van der Waals surface area contributed by atoms with Crippen molar-refractivity contribution in [3.63, 3.8) is 0 Å². The van der Waals surface area contributed by atoms with Gasteiger partial charge in [-0.25, -0.2) is 4.98 Å². The third-order valence-corrected chi connectivity index (χ3v) is 5.51. The van der Waals surface area contributed by atoms with Crippen LogP contribution >= 0.6 is 0 Å². The topological polar surface area (TPSA) is 78.1 Å². The molecule has 29 heavy (non-hydrogen) atoms. The molecule has 6 heteroatoms. The van der Waals surface area contributed by atoms with E-state index in [4.69, 9.17) is 0 Å². The Bertz CT molecular complexity index is 1010. The van der Waals surface area contributed by atoms with E-state index in [0.29, 0.717) is 6.54 Å². The van der Waals surface area contributed by atoms with E-state index in [1.807, 2.05) is 55.5 Å². The number of carbonyl (C=O) groups is 2. The van der Waals surface area contributed by atoms with Gasteiger partial charge < -0.3 is 15.2 Å². The lowest BCUT2D eigenvalue weighted by molar-refractivity contribution is -0.127. The van der Waals surface area contributed by atoms with E-state index in [1.165, 1.54) is 0 Å². The first-order chi connectivity index (χ1) is 13.9. The third-order valence-electron chi connectivity index (χ3n) is 5.51. The van der Waals surface area contributed by atoms with Gasteiger partial charge in [0.15, 0.2) is 0 Å². The first-order valence-electron chi connectivity index (χ1n) is 10.0. The zero-order chi connectivity index (χ0) is 20.5. The van der Waals surface area contributed by atoms with Crippen LogP contribution in [0.4, 0.5) is 5.69 Å². The van der Waals surface area contributed by atoms with Crippen LogP contribution in [0.5, 0.6) is 0 Å². The van der Waals surface area contributed by atoms with Gasteiger partial charge in [-0.15, -0.1) is 0 Å². The number of aromatic nitrogens is 2. The second-order valence-corrected chi connectivity index (χ2v) is 8.11. The van der Waals surface area contributed by atoms with Crippen molar-refractivity contribution in [2.24, 2.45) is 11.8 Å². The molecular weight excluding hydrogens is 364 g/mol. The lowest BCUT2D eigenvalue weighted by atomic mass is 10.0. The summed E-state index contributed by atoms with van der Waals surface area (Å²) in [5.41, 5.74) is 3.81. The van der Waals surface area contributed by atoms with Gasteiger partial charge >= 0.3 is 0 Å². The zero-order valence-corrected chi connectivity index (χ0v) is 17.0. The monoisotopic (exact) mass is 390 g/mol. The number of hydrogen-bond acceptors (Lipinski definition) is 3. The smallest absolute Gasteiger partial charge is 0.227 e. The summed E-state index contributed by atoms with van der Waals surface area (Å²) < 4.78 is 0.